The van der Waals surface area contributed by atoms with Crippen LogP contribution >= 0.6 is 0 Å². The monoisotopic (exact) mass is 364 g/mol. The van der Waals surface area contributed by atoms with Gasteiger partial charge in [-0.15, -0.1) is 0 Å². The van der Waals surface area contributed by atoms with E-state index in [4.69, 9.17) is 4.74 Å². The van der Waals surface area contributed by atoms with Crippen LogP contribution in [-0.4, -0.2) is 45.1 Å². The Morgan fingerprint density at radius 1 is 1.11 bits per heavy atom. The summed E-state index contributed by atoms with van der Waals surface area (Å²) in [5.41, 5.74) is 4.20. The van der Waals surface area contributed by atoms with Crippen molar-refractivity contribution in [2.75, 3.05) is 39.2 Å². The van der Waals surface area contributed by atoms with Gasteiger partial charge in [-0.05, 0) is 48.6 Å². The van der Waals surface area contributed by atoms with E-state index in [0.29, 0.717) is 0 Å². The highest BCUT2D eigenvalue weighted by Gasteiger charge is 2.18. The molecular formula is C23H28N2O2. The normalized spacial score (nSPS) is 14.0. The van der Waals surface area contributed by atoms with Crippen LogP contribution in [0.15, 0.2) is 48.5 Å². The van der Waals surface area contributed by atoms with E-state index >= 15 is 0 Å². The van der Waals surface area contributed by atoms with Gasteiger partial charge in [0.05, 0.1) is 12.8 Å². The first-order valence-corrected chi connectivity index (χ1v) is 9.49. The molecule has 4 nitrogen and oxygen atoms in total. The number of methoxy groups -OCH3 is 1. The highest BCUT2D eigenvalue weighted by molar-refractivity contribution is 5.94. The number of carbonyl (C=O) groups is 1. The fourth-order valence-corrected chi connectivity index (χ4v) is 3.57. The molecule has 0 atom stereocenters. The smallest absolute Gasteiger partial charge is 0.253 e. The number of likely N-dealkylation sites (tertiary alicyclic amines) is 1. The molecule has 0 aromatic heterocycles. The Morgan fingerprint density at radius 2 is 1.81 bits per heavy atom. The van der Waals surface area contributed by atoms with Gasteiger partial charge in [-0.25, -0.2) is 0 Å². The van der Waals surface area contributed by atoms with Crippen LogP contribution in [0.1, 0.15) is 34.3 Å². The number of hydrogen-bond acceptors (Lipinski definition) is 3. The largest absolute Gasteiger partial charge is 0.495 e. The first-order chi connectivity index (χ1) is 13.1. The molecule has 2 aromatic rings. The summed E-state index contributed by atoms with van der Waals surface area (Å²) in [5.74, 6) is 1.03. The molecule has 0 saturated carbocycles. The lowest BCUT2D eigenvalue weighted by Crippen LogP contribution is -2.27. The molecule has 0 spiro atoms. The summed E-state index contributed by atoms with van der Waals surface area (Å²) < 4.78 is 5.49. The average Bonchev–Trinajstić information content (AvgIpc) is 3.22. The van der Waals surface area contributed by atoms with Crippen molar-refractivity contribution < 1.29 is 9.53 Å². The van der Waals surface area contributed by atoms with Gasteiger partial charge >= 0.3 is 0 Å². The molecule has 1 aliphatic rings. The topological polar surface area (TPSA) is 32.8 Å². The lowest BCUT2D eigenvalue weighted by molar-refractivity contribution is 0.0793. The number of rotatable bonds is 6. The Morgan fingerprint density at radius 3 is 2.44 bits per heavy atom. The average molecular weight is 364 g/mol. The predicted molar refractivity (Wildman–Crippen MR) is 112 cm³/mol. The van der Waals surface area contributed by atoms with E-state index in [1.54, 1.807) is 7.11 Å². The summed E-state index contributed by atoms with van der Waals surface area (Å²) in [6, 6.07) is 14.0. The van der Waals surface area contributed by atoms with Crippen LogP contribution in [0.25, 0.3) is 6.08 Å². The van der Waals surface area contributed by atoms with E-state index in [1.807, 2.05) is 55.4 Å². The quantitative estimate of drug-likeness (QED) is 0.768. The van der Waals surface area contributed by atoms with Crippen molar-refractivity contribution in [1.82, 2.24) is 4.90 Å². The summed E-state index contributed by atoms with van der Waals surface area (Å²) >= 11 is 0. The molecule has 0 bridgehead atoms. The van der Waals surface area contributed by atoms with E-state index in [1.165, 1.54) is 5.56 Å². The second-order valence-electron chi connectivity index (χ2n) is 7.09. The van der Waals surface area contributed by atoms with Crippen LogP contribution in [0.5, 0.6) is 5.75 Å². The zero-order chi connectivity index (χ0) is 19.2. The number of anilines is 1. The van der Waals surface area contributed by atoms with Crippen LogP contribution < -0.4 is 9.64 Å². The maximum atomic E-state index is 12.4. The van der Waals surface area contributed by atoms with Gasteiger partial charge < -0.3 is 14.5 Å². The zero-order valence-corrected chi connectivity index (χ0v) is 16.4. The Kier molecular flexibility index (Phi) is 6.17. The molecule has 142 valence electrons. The molecule has 1 heterocycles. The Bertz CT molecular complexity index is 804. The lowest BCUT2D eigenvalue weighted by Gasteiger charge is -2.20. The van der Waals surface area contributed by atoms with Gasteiger partial charge in [0.1, 0.15) is 5.75 Å². The first kappa shape index (κ1) is 19.0. The molecule has 1 amide bonds. The maximum absolute atomic E-state index is 12.4. The second-order valence-corrected chi connectivity index (χ2v) is 7.09. The van der Waals surface area contributed by atoms with Crippen molar-refractivity contribution >= 4 is 17.7 Å². The summed E-state index contributed by atoms with van der Waals surface area (Å²) in [6.45, 7) is 1.77. The van der Waals surface area contributed by atoms with Gasteiger partial charge in [-0.2, -0.15) is 0 Å². The molecule has 27 heavy (non-hydrogen) atoms. The van der Waals surface area contributed by atoms with Crippen molar-refractivity contribution in [3.63, 3.8) is 0 Å². The number of ether oxygens (including phenoxy) is 1. The maximum Gasteiger partial charge on any atom is 0.253 e. The summed E-state index contributed by atoms with van der Waals surface area (Å²) in [5, 5.41) is 0. The van der Waals surface area contributed by atoms with Crippen molar-refractivity contribution in [2.45, 2.75) is 19.3 Å². The number of nitrogens with zero attached hydrogens (tertiary/aromatic N) is 2. The van der Waals surface area contributed by atoms with Crippen LogP contribution in [0.3, 0.4) is 0 Å². The van der Waals surface area contributed by atoms with Crippen LogP contribution in [0, 0.1) is 0 Å². The van der Waals surface area contributed by atoms with E-state index in [2.05, 4.69) is 23.1 Å². The molecule has 0 N–H and O–H groups in total. The highest BCUT2D eigenvalue weighted by atomic mass is 16.5. The summed E-state index contributed by atoms with van der Waals surface area (Å²) in [6.07, 6.45) is 7.30. The Balaban J connectivity index is 1.68. The van der Waals surface area contributed by atoms with Gasteiger partial charge in [0.2, 0.25) is 0 Å². The minimum atomic E-state index is 0.148. The number of para-hydroxylation sites is 1. The standard InChI is InChI=1S/C23H28N2O2/c1-24(2)22-19(10-7-11-21(22)27-3)9-6-8-18-12-14-20(15-13-18)23(26)25-16-4-5-17-25/h6-8,10-15H,4-5,9,16-17H2,1-3H3/b8-6+. The summed E-state index contributed by atoms with van der Waals surface area (Å²) in [4.78, 5) is 16.4. The van der Waals surface area contributed by atoms with Gasteiger partial charge in [-0.1, -0.05) is 36.4 Å². The molecule has 4 heteroatoms. The fraction of sp³-hybridized carbons (Fsp3) is 0.348. The molecular weight excluding hydrogens is 336 g/mol. The molecule has 0 aliphatic carbocycles. The zero-order valence-electron chi connectivity index (χ0n) is 16.4. The van der Waals surface area contributed by atoms with Crippen molar-refractivity contribution in [1.29, 1.82) is 0 Å². The van der Waals surface area contributed by atoms with Gasteiger partial charge in [-0.3, -0.25) is 4.79 Å². The molecule has 2 aromatic carbocycles. The molecule has 1 fully saturated rings. The van der Waals surface area contributed by atoms with Gasteiger partial charge in [0.15, 0.2) is 0 Å². The second kappa shape index (κ2) is 8.76. The SMILES string of the molecule is COc1cccc(C/C=C/c2ccc(C(=O)N3CCCC3)cc2)c1N(C)C. The molecule has 1 saturated heterocycles. The molecule has 0 unspecified atom stereocenters. The van der Waals surface area contributed by atoms with Crippen molar-refractivity contribution in [2.24, 2.45) is 0 Å². The number of allylic oxidation sites excluding steroid dienone is 1. The van der Waals surface area contributed by atoms with E-state index in [0.717, 1.165) is 54.9 Å². The van der Waals surface area contributed by atoms with E-state index < -0.39 is 0 Å². The third-order valence-corrected chi connectivity index (χ3v) is 4.95. The lowest BCUT2D eigenvalue weighted by atomic mass is 10.1. The van der Waals surface area contributed by atoms with Crippen molar-refractivity contribution in [3.05, 3.63) is 65.2 Å². The third kappa shape index (κ3) is 4.51. The minimum Gasteiger partial charge on any atom is -0.495 e. The number of hydrogen-bond donors (Lipinski definition) is 0. The van der Waals surface area contributed by atoms with Crippen molar-refractivity contribution in [3.8, 4) is 5.75 Å². The van der Waals surface area contributed by atoms with Gasteiger partial charge in [0, 0.05) is 32.7 Å². The summed E-state index contributed by atoms with van der Waals surface area (Å²) in [7, 11) is 5.76. The van der Waals surface area contributed by atoms with Crippen LogP contribution in [-0.2, 0) is 6.42 Å². The van der Waals surface area contributed by atoms with Crippen LogP contribution in [0.2, 0.25) is 0 Å². The third-order valence-electron chi connectivity index (χ3n) is 4.95. The highest BCUT2D eigenvalue weighted by Crippen LogP contribution is 2.31. The molecule has 0 radical (unpaired) electrons. The number of carbonyl (C=O) groups excluding carboxylic acids is 1. The number of amides is 1. The van der Waals surface area contributed by atoms with Gasteiger partial charge in [0.25, 0.3) is 5.91 Å². The first-order valence-electron chi connectivity index (χ1n) is 9.49. The molecule has 1 aliphatic heterocycles. The van der Waals surface area contributed by atoms with Crippen LogP contribution in [0.4, 0.5) is 5.69 Å². The Hall–Kier alpha value is -2.75. The predicted octanol–water partition coefficient (Wildman–Crippen LogP) is 4.25. The Labute approximate surface area is 162 Å². The molecule has 3 rings (SSSR count). The fourth-order valence-electron chi connectivity index (χ4n) is 3.57. The number of benzene rings is 2. The van der Waals surface area contributed by atoms with E-state index in [9.17, 15) is 4.79 Å². The van der Waals surface area contributed by atoms with E-state index in [-0.39, 0.29) is 5.91 Å². The minimum absolute atomic E-state index is 0.148.